The quantitative estimate of drug-likeness (QED) is 0.105. The number of hydrogen-bond donors (Lipinski definition) is 0. The molecule has 0 radical (unpaired) electrons. The first kappa shape index (κ1) is 39.9. The van der Waals surface area contributed by atoms with Gasteiger partial charge in [0.25, 0.3) is 0 Å². The van der Waals surface area contributed by atoms with E-state index in [4.69, 9.17) is 0 Å². The SMILES string of the molecule is Cc1cc(C)c(B(c2cccc(-c3ccc(C45CC6CC(C4)CC(c4ccc(P(=O)(c7ccccc7)c7ccccc7)cc4)(C6)C5)cc3)c2)c2c(C)cc(C)cc2C)c(C)c1. The van der Waals surface area contributed by atoms with Gasteiger partial charge in [-0.1, -0.05) is 207 Å². The Morgan fingerprint density at radius 3 is 1.34 bits per heavy atom. The summed E-state index contributed by atoms with van der Waals surface area (Å²) in [5.41, 5.74) is 18.2. The van der Waals surface area contributed by atoms with E-state index in [9.17, 15) is 0 Å². The molecule has 0 N–H and O–H groups in total. The third kappa shape index (κ3) is 6.91. The third-order valence-electron chi connectivity index (χ3n) is 15.2. The number of benzene rings is 7. The van der Waals surface area contributed by atoms with E-state index >= 15 is 4.57 Å². The first-order valence-corrected chi connectivity index (χ1v) is 24.3. The van der Waals surface area contributed by atoms with E-state index in [0.717, 1.165) is 27.7 Å². The Hall–Kier alpha value is -5.17. The lowest BCUT2D eigenvalue weighted by Gasteiger charge is -2.63. The molecule has 3 heteroatoms. The molecule has 0 spiro atoms. The smallest absolute Gasteiger partial charge is 0.242 e. The van der Waals surface area contributed by atoms with Crippen LogP contribution in [0.3, 0.4) is 0 Å². The molecule has 0 aromatic heterocycles. The van der Waals surface area contributed by atoms with Crippen LogP contribution in [0.4, 0.5) is 0 Å². The molecule has 4 saturated carbocycles. The Bertz CT molecular complexity index is 2640. The van der Waals surface area contributed by atoms with Gasteiger partial charge < -0.3 is 4.57 Å². The zero-order valence-electron chi connectivity index (χ0n) is 36.8. The molecule has 4 aliphatic rings. The van der Waals surface area contributed by atoms with Gasteiger partial charge in [0.1, 0.15) is 0 Å². The van der Waals surface area contributed by atoms with E-state index < -0.39 is 7.14 Å². The first-order valence-electron chi connectivity index (χ1n) is 22.6. The summed E-state index contributed by atoms with van der Waals surface area (Å²) in [5, 5.41) is 2.71. The second-order valence-electron chi connectivity index (χ2n) is 19.6. The van der Waals surface area contributed by atoms with Crippen LogP contribution in [0.2, 0.25) is 0 Å². The second kappa shape index (κ2) is 15.3. The minimum Gasteiger partial charge on any atom is -0.309 e. The van der Waals surface area contributed by atoms with Crippen molar-refractivity contribution in [2.24, 2.45) is 11.8 Å². The van der Waals surface area contributed by atoms with Crippen LogP contribution in [0, 0.1) is 53.4 Å². The minimum absolute atomic E-state index is 0.154. The predicted octanol–water partition coefficient (Wildman–Crippen LogP) is 11.1. The molecule has 7 aromatic rings. The molecule has 2 atom stereocenters. The van der Waals surface area contributed by atoms with Crippen LogP contribution in [0.25, 0.3) is 11.1 Å². The molecule has 4 bridgehead atoms. The predicted molar refractivity (Wildman–Crippen MR) is 262 cm³/mol. The van der Waals surface area contributed by atoms with Crippen molar-refractivity contribution in [3.8, 4) is 11.1 Å². The molecular weight excluding hydrogens is 754 g/mol. The average Bonchev–Trinajstić information content (AvgIpc) is 3.25. The van der Waals surface area contributed by atoms with Gasteiger partial charge in [0.15, 0.2) is 7.14 Å². The van der Waals surface area contributed by atoms with Crippen LogP contribution in [0.5, 0.6) is 0 Å². The highest BCUT2D eigenvalue weighted by molar-refractivity contribution is 7.85. The van der Waals surface area contributed by atoms with Crippen molar-refractivity contribution >= 4 is 46.2 Å². The van der Waals surface area contributed by atoms with Crippen LogP contribution < -0.4 is 32.3 Å². The van der Waals surface area contributed by atoms with E-state index in [1.165, 1.54) is 111 Å². The molecule has 304 valence electrons. The lowest BCUT2D eigenvalue weighted by molar-refractivity contribution is -0.0281. The minimum atomic E-state index is -3.01. The Balaban J connectivity index is 0.975. The average molecular weight is 813 g/mol. The van der Waals surface area contributed by atoms with Crippen LogP contribution in [0.15, 0.2) is 158 Å². The molecule has 61 heavy (non-hydrogen) atoms. The number of aryl methyl sites for hydroxylation is 6. The molecule has 0 heterocycles. The Labute approximate surface area is 365 Å². The summed E-state index contributed by atoms with van der Waals surface area (Å²) in [6.07, 6.45) is 7.69. The Morgan fingerprint density at radius 2 is 0.885 bits per heavy atom. The van der Waals surface area contributed by atoms with Gasteiger partial charge in [-0.05, 0) is 125 Å². The van der Waals surface area contributed by atoms with Crippen LogP contribution >= 0.6 is 7.14 Å². The van der Waals surface area contributed by atoms with Crippen LogP contribution in [-0.2, 0) is 15.4 Å². The zero-order chi connectivity index (χ0) is 42.1. The van der Waals surface area contributed by atoms with Crippen molar-refractivity contribution in [2.45, 2.75) is 90.9 Å². The fourth-order valence-electron chi connectivity index (χ4n) is 13.4. The molecule has 0 amide bonds. The maximum Gasteiger partial charge on any atom is 0.242 e. The standard InChI is InChI=1S/C58H58BOP/c1-39-28-41(3)55(42(4)29-39)59(56-43(5)30-40(2)31-44(56)6)51-15-13-14-48(33-51)47-20-22-49(23-21-47)57-34-45-32-46(35-57)37-58(36-45,38-57)50-24-26-54(27-25-50)61(60,52-16-9-7-10-17-52)53-18-11-8-12-19-53/h7-31,33,45-46H,32,34-38H2,1-6H3. The van der Waals surface area contributed by atoms with Gasteiger partial charge in [0.05, 0.1) is 0 Å². The fourth-order valence-corrected chi connectivity index (χ4v) is 16.0. The van der Waals surface area contributed by atoms with Crippen molar-refractivity contribution in [3.05, 3.63) is 202 Å². The summed E-state index contributed by atoms with van der Waals surface area (Å²) in [5.74, 6) is 1.49. The normalized spacial score (nSPS) is 21.7. The van der Waals surface area contributed by atoms with Gasteiger partial charge in [-0.15, -0.1) is 0 Å². The van der Waals surface area contributed by atoms with Gasteiger partial charge in [-0.3, -0.25) is 0 Å². The van der Waals surface area contributed by atoms with Gasteiger partial charge in [0.2, 0.25) is 6.71 Å². The van der Waals surface area contributed by atoms with Crippen molar-refractivity contribution in [1.82, 2.24) is 0 Å². The molecule has 0 saturated heterocycles. The van der Waals surface area contributed by atoms with Crippen molar-refractivity contribution in [1.29, 1.82) is 0 Å². The lowest BCUT2D eigenvalue weighted by Crippen LogP contribution is -2.56. The van der Waals surface area contributed by atoms with Crippen LogP contribution in [-0.4, -0.2) is 6.71 Å². The Kier molecular flexibility index (Phi) is 10.0. The number of rotatable bonds is 9. The number of hydrogen-bond acceptors (Lipinski definition) is 1. The van der Waals surface area contributed by atoms with Crippen LogP contribution in [0.1, 0.15) is 83.0 Å². The molecular formula is C58H58BOP. The molecule has 1 nitrogen and oxygen atoms in total. The van der Waals surface area contributed by atoms with Gasteiger partial charge in [-0.2, -0.15) is 0 Å². The van der Waals surface area contributed by atoms with Gasteiger partial charge in [-0.25, -0.2) is 0 Å². The van der Waals surface area contributed by atoms with Crippen molar-refractivity contribution in [3.63, 3.8) is 0 Å². The highest BCUT2D eigenvalue weighted by Crippen LogP contribution is 2.66. The molecule has 4 aliphatic carbocycles. The van der Waals surface area contributed by atoms with E-state index in [2.05, 4.69) is 139 Å². The first-order chi connectivity index (χ1) is 29.4. The second-order valence-corrected chi connectivity index (χ2v) is 22.4. The Morgan fingerprint density at radius 1 is 0.459 bits per heavy atom. The molecule has 11 rings (SSSR count). The van der Waals surface area contributed by atoms with E-state index in [0.29, 0.717) is 0 Å². The summed E-state index contributed by atoms with van der Waals surface area (Å²) in [6.45, 7) is 13.8. The van der Waals surface area contributed by atoms with Crippen molar-refractivity contribution in [2.75, 3.05) is 0 Å². The van der Waals surface area contributed by atoms with E-state index in [1.54, 1.807) is 0 Å². The summed E-state index contributed by atoms with van der Waals surface area (Å²) in [7, 11) is -3.01. The highest BCUT2D eigenvalue weighted by atomic mass is 31.2. The van der Waals surface area contributed by atoms with Gasteiger partial charge in [0, 0.05) is 15.9 Å². The molecule has 0 aliphatic heterocycles. The van der Waals surface area contributed by atoms with E-state index in [-0.39, 0.29) is 17.5 Å². The summed E-state index contributed by atoms with van der Waals surface area (Å²) >= 11 is 0. The highest BCUT2D eigenvalue weighted by Gasteiger charge is 2.58. The molecule has 7 aromatic carbocycles. The molecule has 2 unspecified atom stereocenters. The van der Waals surface area contributed by atoms with Gasteiger partial charge >= 0.3 is 0 Å². The lowest BCUT2D eigenvalue weighted by atomic mass is 9.34. The topological polar surface area (TPSA) is 17.1 Å². The third-order valence-corrected chi connectivity index (χ3v) is 18.3. The summed E-state index contributed by atoms with van der Waals surface area (Å²) in [4.78, 5) is 0. The fraction of sp³-hybridized carbons (Fsp3) is 0.276. The molecule has 4 fully saturated rings. The summed E-state index contributed by atoms with van der Waals surface area (Å²) in [6, 6.07) is 57.9. The van der Waals surface area contributed by atoms with Crippen molar-refractivity contribution < 1.29 is 4.57 Å². The summed E-state index contributed by atoms with van der Waals surface area (Å²) < 4.78 is 15.2. The maximum absolute atomic E-state index is 15.2. The zero-order valence-corrected chi connectivity index (χ0v) is 37.7. The maximum atomic E-state index is 15.2. The van der Waals surface area contributed by atoms with E-state index in [1.807, 2.05) is 60.7 Å². The largest absolute Gasteiger partial charge is 0.309 e. The monoisotopic (exact) mass is 812 g/mol.